The zero-order valence-electron chi connectivity index (χ0n) is 31.0. The molecule has 4 rings (SSSR count). The van der Waals surface area contributed by atoms with Crippen LogP contribution in [0, 0.1) is 40.5 Å². The van der Waals surface area contributed by atoms with Gasteiger partial charge >= 0.3 is 58.7 Å². The van der Waals surface area contributed by atoms with E-state index in [2.05, 4.69) is 29.0 Å². The quantitative estimate of drug-likeness (QED) is 0.0393. The minimum atomic E-state index is -2.31. The van der Waals surface area contributed by atoms with Crippen LogP contribution in [0.15, 0.2) is 0 Å². The van der Waals surface area contributed by atoms with Crippen molar-refractivity contribution in [1.82, 2.24) is 5.32 Å². The molecule has 59 heavy (non-hydrogen) atoms. The topological polar surface area (TPSA) is 461 Å². The van der Waals surface area contributed by atoms with E-state index in [1.807, 2.05) is 0 Å². The van der Waals surface area contributed by atoms with Crippen LogP contribution in [0.3, 0.4) is 0 Å². The van der Waals surface area contributed by atoms with E-state index in [-0.39, 0.29) is 19.6 Å². The van der Waals surface area contributed by atoms with Gasteiger partial charge in [-0.1, -0.05) is 25.6 Å². The predicted octanol–water partition coefficient (Wildman–Crippen LogP) is -1.71. The van der Waals surface area contributed by atoms with Crippen molar-refractivity contribution >= 4 is 58.4 Å². The lowest BCUT2D eigenvalue weighted by Crippen LogP contribution is -2.45. The molecule has 0 aromatic heterocycles. The molecule has 0 radical (unpaired) electrons. The van der Waals surface area contributed by atoms with Gasteiger partial charge < -0.3 is 30.5 Å². The Bertz CT molecular complexity index is 1600. The molecule has 30 nitrogen and oxygen atoms in total. The first-order valence-corrected chi connectivity index (χ1v) is 17.6. The van der Waals surface area contributed by atoms with Crippen LogP contribution in [0.5, 0.6) is 0 Å². The number of rotatable bonds is 20. The lowest BCUT2D eigenvalue weighted by molar-refractivity contribution is -0.549. The number of ether oxygens (including phenoxy) is 5. The molecule has 4 aliphatic heterocycles. The molecule has 0 saturated carbocycles. The number of hydrogen-bond acceptors (Lipinski definition) is 22. The average Bonchev–Trinajstić information content (AvgIpc) is 3.96. The molecule has 0 aromatic rings. The van der Waals surface area contributed by atoms with Gasteiger partial charge in [0.2, 0.25) is 5.78 Å². The van der Waals surface area contributed by atoms with E-state index in [1.54, 1.807) is 13.8 Å². The number of aliphatic carboxylic acids is 4. The summed E-state index contributed by atoms with van der Waals surface area (Å²) in [7, 11) is 0. The molecule has 0 spiro atoms. The SMILES string of the molecule is CCC(=O)C1([N+](=O)[O-])OC1CC(=O)O.CCNC(=O)C1([N+](=O)[O-])OC1CC(=O)O.CCOC(=O)C1([N+](=O)[O-])OC1CC(=O)O.CCSC(=O)C1([N+](=O)[O-])OC1CC(=O)O. The van der Waals surface area contributed by atoms with Gasteiger partial charge in [0.1, 0.15) is 0 Å². The van der Waals surface area contributed by atoms with E-state index in [4.69, 9.17) is 20.4 Å². The number of amides is 1. The van der Waals surface area contributed by atoms with Crippen molar-refractivity contribution in [3.63, 3.8) is 0 Å². The smallest absolute Gasteiger partial charge is 0.449 e. The third-order valence-corrected chi connectivity index (χ3v) is 8.69. The maximum absolute atomic E-state index is 11.4. The van der Waals surface area contributed by atoms with Crippen LogP contribution in [0.25, 0.3) is 0 Å². The Hall–Kier alpha value is -6.05. The van der Waals surface area contributed by atoms with E-state index in [0.29, 0.717) is 5.75 Å². The van der Waals surface area contributed by atoms with Crippen LogP contribution in [0.4, 0.5) is 0 Å². The summed E-state index contributed by atoms with van der Waals surface area (Å²) in [5.41, 5.74) is -8.73. The first-order chi connectivity index (χ1) is 27.3. The second kappa shape index (κ2) is 20.6. The van der Waals surface area contributed by atoms with Crippen molar-refractivity contribution in [2.24, 2.45) is 0 Å². The predicted molar refractivity (Wildman–Crippen MR) is 181 cm³/mol. The molecule has 8 unspecified atom stereocenters. The zero-order valence-corrected chi connectivity index (χ0v) is 31.8. The second-order valence-corrected chi connectivity index (χ2v) is 12.9. The number of epoxide rings is 4. The molecular formula is C28H37N5O25S. The molecule has 330 valence electrons. The highest BCUT2D eigenvalue weighted by atomic mass is 32.2. The number of nitrogens with one attached hydrogen (secondary N) is 1. The fourth-order valence-corrected chi connectivity index (χ4v) is 5.60. The number of ketones is 1. The monoisotopic (exact) mass is 875 g/mol. The Morgan fingerprint density at radius 2 is 0.932 bits per heavy atom. The molecule has 4 heterocycles. The van der Waals surface area contributed by atoms with Gasteiger partial charge in [-0.3, -0.25) is 93.0 Å². The van der Waals surface area contributed by atoms with E-state index < -0.39 is 139 Å². The van der Waals surface area contributed by atoms with Gasteiger partial charge in [0.15, 0.2) is 24.4 Å². The molecule has 8 atom stereocenters. The first-order valence-electron chi connectivity index (χ1n) is 16.6. The fraction of sp³-hybridized carbons (Fsp3) is 0.714. The lowest BCUT2D eigenvalue weighted by atomic mass is 10.1. The summed E-state index contributed by atoms with van der Waals surface area (Å²) in [5.74, 6) is -7.31. The molecule has 4 fully saturated rings. The number of carbonyl (C=O) groups is 8. The summed E-state index contributed by atoms with van der Waals surface area (Å²) in [6, 6.07) is 0. The zero-order chi connectivity index (χ0) is 45.8. The maximum Gasteiger partial charge on any atom is 0.449 e. The summed E-state index contributed by atoms with van der Waals surface area (Å²) in [4.78, 5) is 125. The Morgan fingerprint density at radius 1 is 0.593 bits per heavy atom. The van der Waals surface area contributed by atoms with Crippen molar-refractivity contribution in [3.8, 4) is 0 Å². The van der Waals surface area contributed by atoms with Crippen LogP contribution in [0.2, 0.25) is 0 Å². The molecule has 0 bridgehead atoms. The number of nitrogens with zero attached hydrogens (tertiary/aromatic N) is 4. The molecule has 4 saturated heterocycles. The number of thioether (sulfide) groups is 1. The number of carboxylic acids is 4. The Labute approximate surface area is 332 Å². The minimum Gasteiger partial charge on any atom is -0.481 e. The van der Waals surface area contributed by atoms with Crippen molar-refractivity contribution in [2.45, 2.75) is 107 Å². The number of esters is 1. The molecule has 1 amide bonds. The summed E-state index contributed by atoms with van der Waals surface area (Å²) in [6.07, 6.45) is -6.95. The van der Waals surface area contributed by atoms with Gasteiger partial charge in [0.05, 0.1) is 52.0 Å². The third-order valence-electron chi connectivity index (χ3n) is 7.85. The van der Waals surface area contributed by atoms with E-state index in [0.717, 1.165) is 11.8 Å². The molecular weight excluding hydrogens is 838 g/mol. The molecule has 31 heteroatoms. The fourth-order valence-electron chi connectivity index (χ4n) is 4.88. The number of Topliss-reactive ketones (excluding diaryl/α,β-unsaturated/α-hetero) is 1. The lowest BCUT2D eigenvalue weighted by Gasteiger charge is -2.03. The van der Waals surface area contributed by atoms with Crippen LogP contribution in [-0.4, -0.2) is 153 Å². The standard InChI is InChI=1S/C7H10N2O6.C7H9NO7.C7H9NO6S.C7H9NO6/c1-2-8-6(12)7(9(13)14)4(15-7)3-5(10)11;1-2-14-6(11)7(8(12)13)4(15-7)3-5(9)10;1-2-15-6(11)7(8(12)13)4(14-7)3-5(9)10;1-2-4(9)7(8(12)13)5(14-7)3-6(10)11/h4H,2-3H2,1H3,(H,8,12)(H,10,11);2*4H,2-3H2,1H3,(H,9,10);5H,2-3H2,1H3,(H,10,11). The van der Waals surface area contributed by atoms with Crippen molar-refractivity contribution in [2.75, 3.05) is 18.9 Å². The number of likely N-dealkylation sites (N-methyl/N-ethyl adjacent to an activating group) is 1. The van der Waals surface area contributed by atoms with Crippen LogP contribution < -0.4 is 5.32 Å². The van der Waals surface area contributed by atoms with Gasteiger partial charge in [0.25, 0.3) is 5.12 Å². The van der Waals surface area contributed by atoms with E-state index in [9.17, 15) is 78.8 Å². The number of carboxylic acid groups (broad SMARTS) is 4. The van der Waals surface area contributed by atoms with Crippen LogP contribution in [0.1, 0.15) is 59.8 Å². The normalized spacial score (nSPS) is 28.6. The summed E-state index contributed by atoms with van der Waals surface area (Å²) < 4.78 is 22.8. The van der Waals surface area contributed by atoms with Gasteiger partial charge in [-0.05, 0) is 19.6 Å². The van der Waals surface area contributed by atoms with Crippen molar-refractivity contribution in [3.05, 3.63) is 40.5 Å². The van der Waals surface area contributed by atoms with E-state index >= 15 is 0 Å². The van der Waals surface area contributed by atoms with E-state index in [1.165, 1.54) is 13.8 Å². The number of carbonyl (C=O) groups excluding carboxylic acids is 4. The van der Waals surface area contributed by atoms with Gasteiger partial charge in [0, 0.05) is 13.0 Å². The maximum atomic E-state index is 11.4. The Balaban J connectivity index is 0.000000393. The number of hydrogen-bond donors (Lipinski definition) is 5. The van der Waals surface area contributed by atoms with Crippen molar-refractivity contribution < 1.29 is 102 Å². The van der Waals surface area contributed by atoms with Gasteiger partial charge in [-0.15, -0.1) is 0 Å². The van der Waals surface area contributed by atoms with Crippen molar-refractivity contribution in [1.29, 1.82) is 0 Å². The molecule has 0 aromatic carbocycles. The van der Waals surface area contributed by atoms with Crippen LogP contribution >= 0.6 is 11.8 Å². The highest BCUT2D eigenvalue weighted by molar-refractivity contribution is 8.13. The first kappa shape index (κ1) is 51.0. The second-order valence-electron chi connectivity index (χ2n) is 11.7. The Morgan fingerprint density at radius 3 is 1.27 bits per heavy atom. The third kappa shape index (κ3) is 11.8. The molecule has 5 N–H and O–H groups in total. The minimum absolute atomic E-state index is 0.0302. The highest BCUT2D eigenvalue weighted by Gasteiger charge is 2.78. The van der Waals surface area contributed by atoms with Crippen LogP contribution in [-0.2, 0) is 62.0 Å². The average molecular weight is 876 g/mol. The highest BCUT2D eigenvalue weighted by Crippen LogP contribution is 2.44. The summed E-state index contributed by atoms with van der Waals surface area (Å²) >= 11 is 0.761. The summed E-state index contributed by atoms with van der Waals surface area (Å²) in [5, 5.41) is 77.5. The molecule has 0 aliphatic carbocycles. The molecule has 4 aliphatic rings. The Kier molecular flexibility index (Phi) is 17.8. The van der Waals surface area contributed by atoms with Gasteiger partial charge in [-0.2, -0.15) is 0 Å². The number of nitro groups is 4. The largest absolute Gasteiger partial charge is 0.481 e. The summed E-state index contributed by atoms with van der Waals surface area (Å²) in [6.45, 7) is 6.41. The van der Waals surface area contributed by atoms with Gasteiger partial charge in [-0.25, -0.2) is 4.79 Å².